The largest absolute Gasteiger partial charge is 0.342 e. The molecule has 1 unspecified atom stereocenters. The molecule has 1 amide bonds. The van der Waals surface area contributed by atoms with Crippen LogP contribution in [0.25, 0.3) is 11.5 Å². The summed E-state index contributed by atoms with van der Waals surface area (Å²) in [5.41, 5.74) is -0.461. The molecule has 24 heavy (non-hydrogen) atoms. The fraction of sp³-hybridized carbons (Fsp3) is 0.438. The van der Waals surface area contributed by atoms with E-state index in [-0.39, 0.29) is 23.3 Å². The van der Waals surface area contributed by atoms with Crippen molar-refractivity contribution in [1.29, 1.82) is 0 Å². The number of carbonyl (C=O) groups is 1. The molecule has 0 radical (unpaired) electrons. The minimum Gasteiger partial charge on any atom is -0.342 e. The number of amides is 1. The van der Waals surface area contributed by atoms with Gasteiger partial charge in [-0.1, -0.05) is 5.16 Å². The molecule has 0 N–H and O–H groups in total. The maximum atomic E-state index is 13.4. The number of aromatic nitrogens is 2. The normalized spacial score (nSPS) is 18.2. The molecular weight excluding hydrogens is 323 g/mol. The van der Waals surface area contributed by atoms with Crippen molar-refractivity contribution in [1.82, 2.24) is 15.0 Å². The van der Waals surface area contributed by atoms with E-state index in [0.717, 1.165) is 25.0 Å². The van der Waals surface area contributed by atoms with Crippen LogP contribution in [0.3, 0.4) is 0 Å². The SMILES string of the molecule is CC(=O)N1CCCC(c2noc(-c3ccc(F)c(C(F)F)c3)n2)C1. The highest BCUT2D eigenvalue weighted by Crippen LogP contribution is 2.30. The third-order valence-corrected chi connectivity index (χ3v) is 4.15. The Kier molecular flexibility index (Phi) is 4.55. The highest BCUT2D eigenvalue weighted by atomic mass is 19.3. The van der Waals surface area contributed by atoms with Crippen LogP contribution in [-0.2, 0) is 4.79 Å². The molecule has 1 saturated heterocycles. The summed E-state index contributed by atoms with van der Waals surface area (Å²) in [5.74, 6) is -0.553. The summed E-state index contributed by atoms with van der Waals surface area (Å²) in [4.78, 5) is 17.5. The Labute approximate surface area is 136 Å². The molecule has 1 aromatic heterocycles. The molecule has 8 heteroatoms. The zero-order chi connectivity index (χ0) is 17.3. The number of piperidine rings is 1. The number of alkyl halides is 2. The molecule has 5 nitrogen and oxygen atoms in total. The molecule has 1 atom stereocenters. The van der Waals surface area contributed by atoms with Crippen LogP contribution < -0.4 is 0 Å². The first kappa shape index (κ1) is 16.5. The molecule has 1 aromatic carbocycles. The second kappa shape index (κ2) is 6.62. The summed E-state index contributed by atoms with van der Waals surface area (Å²) < 4.78 is 44.1. The summed E-state index contributed by atoms with van der Waals surface area (Å²) in [6.45, 7) is 2.71. The van der Waals surface area contributed by atoms with E-state index in [1.165, 1.54) is 13.0 Å². The van der Waals surface area contributed by atoms with E-state index in [1.54, 1.807) is 4.90 Å². The van der Waals surface area contributed by atoms with E-state index in [0.29, 0.717) is 18.9 Å². The number of hydrogen-bond acceptors (Lipinski definition) is 4. The molecule has 0 saturated carbocycles. The molecular formula is C16H16F3N3O2. The van der Waals surface area contributed by atoms with Crippen molar-refractivity contribution in [3.05, 3.63) is 35.4 Å². The number of carbonyl (C=O) groups excluding carboxylic acids is 1. The van der Waals surface area contributed by atoms with Crippen molar-refractivity contribution < 1.29 is 22.5 Å². The van der Waals surface area contributed by atoms with Crippen molar-refractivity contribution in [3.8, 4) is 11.5 Å². The van der Waals surface area contributed by atoms with Crippen LogP contribution in [0.2, 0.25) is 0 Å². The highest BCUT2D eigenvalue weighted by molar-refractivity contribution is 5.73. The predicted octanol–water partition coefficient (Wildman–Crippen LogP) is 3.54. The quantitative estimate of drug-likeness (QED) is 0.858. The van der Waals surface area contributed by atoms with E-state index in [2.05, 4.69) is 10.1 Å². The van der Waals surface area contributed by atoms with Crippen molar-refractivity contribution >= 4 is 5.91 Å². The Bertz CT molecular complexity index is 748. The van der Waals surface area contributed by atoms with Gasteiger partial charge in [0.15, 0.2) is 5.82 Å². The number of halogens is 3. The van der Waals surface area contributed by atoms with Gasteiger partial charge in [-0.2, -0.15) is 4.98 Å². The minimum absolute atomic E-state index is 0.0106. The molecule has 1 fully saturated rings. The third-order valence-electron chi connectivity index (χ3n) is 4.15. The second-order valence-corrected chi connectivity index (χ2v) is 5.80. The van der Waals surface area contributed by atoms with Gasteiger partial charge in [-0.15, -0.1) is 0 Å². The van der Waals surface area contributed by atoms with Gasteiger partial charge in [-0.3, -0.25) is 4.79 Å². The highest BCUT2D eigenvalue weighted by Gasteiger charge is 2.27. The van der Waals surface area contributed by atoms with Crippen LogP contribution in [0.4, 0.5) is 13.2 Å². The van der Waals surface area contributed by atoms with Gasteiger partial charge in [0.1, 0.15) is 5.82 Å². The Balaban J connectivity index is 1.83. The van der Waals surface area contributed by atoms with Crippen LogP contribution in [0.5, 0.6) is 0 Å². The fourth-order valence-electron chi connectivity index (χ4n) is 2.84. The van der Waals surface area contributed by atoms with Gasteiger partial charge in [0.25, 0.3) is 12.3 Å². The number of likely N-dealkylation sites (tertiary alicyclic amines) is 1. The minimum atomic E-state index is -2.92. The second-order valence-electron chi connectivity index (χ2n) is 5.80. The van der Waals surface area contributed by atoms with Gasteiger partial charge in [-0.05, 0) is 31.0 Å². The van der Waals surface area contributed by atoms with Gasteiger partial charge < -0.3 is 9.42 Å². The molecule has 0 spiro atoms. The Morgan fingerprint density at radius 3 is 2.92 bits per heavy atom. The molecule has 128 valence electrons. The van der Waals surface area contributed by atoms with Crippen molar-refractivity contribution in [2.45, 2.75) is 32.1 Å². The van der Waals surface area contributed by atoms with Crippen LogP contribution in [0.15, 0.2) is 22.7 Å². The first-order valence-electron chi connectivity index (χ1n) is 7.63. The smallest absolute Gasteiger partial charge is 0.266 e. The fourth-order valence-corrected chi connectivity index (χ4v) is 2.84. The molecule has 0 bridgehead atoms. The standard InChI is InChI=1S/C16H16F3N3O2/c1-9(23)22-6-2-3-11(8-22)15-20-16(24-21-15)10-4-5-13(17)12(7-10)14(18)19/h4-5,7,11,14H,2-3,6,8H2,1H3. The van der Waals surface area contributed by atoms with Crippen LogP contribution in [0.1, 0.15) is 43.5 Å². The summed E-state index contributed by atoms with van der Waals surface area (Å²) in [5, 5.41) is 3.90. The molecule has 0 aliphatic carbocycles. The molecule has 3 rings (SSSR count). The van der Waals surface area contributed by atoms with E-state index >= 15 is 0 Å². The topological polar surface area (TPSA) is 59.2 Å². The lowest BCUT2D eigenvalue weighted by Gasteiger charge is -2.30. The number of hydrogen-bond donors (Lipinski definition) is 0. The van der Waals surface area contributed by atoms with Crippen molar-refractivity contribution in [2.24, 2.45) is 0 Å². The summed E-state index contributed by atoms with van der Waals surface area (Å²) in [6.07, 6.45) is -1.27. The zero-order valence-corrected chi connectivity index (χ0v) is 13.0. The number of nitrogens with zero attached hydrogens (tertiary/aromatic N) is 3. The maximum Gasteiger partial charge on any atom is 0.266 e. The van der Waals surface area contributed by atoms with Gasteiger partial charge in [0.05, 0.1) is 5.56 Å². The van der Waals surface area contributed by atoms with Crippen molar-refractivity contribution in [3.63, 3.8) is 0 Å². The van der Waals surface area contributed by atoms with Gasteiger partial charge >= 0.3 is 0 Å². The predicted molar refractivity (Wildman–Crippen MR) is 78.9 cm³/mol. The number of rotatable bonds is 3. The van der Waals surface area contributed by atoms with Crippen LogP contribution in [-0.4, -0.2) is 34.0 Å². The summed E-state index contributed by atoms with van der Waals surface area (Å²) in [7, 11) is 0. The molecule has 2 heterocycles. The molecule has 1 aliphatic rings. The van der Waals surface area contributed by atoms with Gasteiger partial charge in [-0.25, -0.2) is 13.2 Å². The Morgan fingerprint density at radius 2 is 2.21 bits per heavy atom. The molecule has 1 aliphatic heterocycles. The third kappa shape index (κ3) is 3.27. The first-order chi connectivity index (χ1) is 11.5. The van der Waals surface area contributed by atoms with Crippen molar-refractivity contribution in [2.75, 3.05) is 13.1 Å². The Hall–Kier alpha value is -2.38. The van der Waals surface area contributed by atoms with Crippen LogP contribution >= 0.6 is 0 Å². The summed E-state index contributed by atoms with van der Waals surface area (Å²) >= 11 is 0. The zero-order valence-electron chi connectivity index (χ0n) is 13.0. The van der Waals surface area contributed by atoms with E-state index in [9.17, 15) is 18.0 Å². The maximum absolute atomic E-state index is 13.4. The lowest BCUT2D eigenvalue weighted by Crippen LogP contribution is -2.37. The number of benzene rings is 1. The molecule has 2 aromatic rings. The lowest BCUT2D eigenvalue weighted by molar-refractivity contribution is -0.130. The van der Waals surface area contributed by atoms with E-state index in [1.807, 2.05) is 0 Å². The lowest BCUT2D eigenvalue weighted by atomic mass is 9.97. The average Bonchev–Trinajstić information content (AvgIpc) is 3.05. The monoisotopic (exact) mass is 339 g/mol. The van der Waals surface area contributed by atoms with Gasteiger partial charge in [0, 0.05) is 31.5 Å². The summed E-state index contributed by atoms with van der Waals surface area (Å²) in [6, 6.07) is 3.29. The van der Waals surface area contributed by atoms with E-state index in [4.69, 9.17) is 4.52 Å². The van der Waals surface area contributed by atoms with Gasteiger partial charge in [0.2, 0.25) is 5.91 Å². The Morgan fingerprint density at radius 1 is 1.42 bits per heavy atom. The average molecular weight is 339 g/mol. The van der Waals surface area contributed by atoms with E-state index < -0.39 is 17.8 Å². The first-order valence-corrected chi connectivity index (χ1v) is 7.63. The van der Waals surface area contributed by atoms with Crippen LogP contribution in [0, 0.1) is 5.82 Å².